The number of nitrogens with zero attached hydrogens (tertiary/aromatic N) is 2. The van der Waals surface area contributed by atoms with Crippen LogP contribution in [0.15, 0.2) is 24.3 Å². The van der Waals surface area contributed by atoms with Crippen LogP contribution >= 0.6 is 24.8 Å². The van der Waals surface area contributed by atoms with Crippen molar-refractivity contribution in [3.63, 3.8) is 0 Å². The van der Waals surface area contributed by atoms with Gasteiger partial charge in [-0.3, -0.25) is 9.80 Å². The molecule has 2 bridgehead atoms. The van der Waals surface area contributed by atoms with Gasteiger partial charge in [0.1, 0.15) is 4.32 Å². The number of anilines is 1. The summed E-state index contributed by atoms with van der Waals surface area (Å²) in [7, 11) is 0. The van der Waals surface area contributed by atoms with Gasteiger partial charge in [0.25, 0.3) is 0 Å². The van der Waals surface area contributed by atoms with Crippen molar-refractivity contribution in [1.29, 1.82) is 0 Å². The first-order chi connectivity index (χ1) is 9.67. The molecule has 1 aromatic rings. The summed E-state index contributed by atoms with van der Waals surface area (Å²) in [6.07, 6.45) is 5.22. The van der Waals surface area contributed by atoms with E-state index in [-0.39, 0.29) is 0 Å². The maximum Gasteiger partial charge on any atom is 0.135 e. The molecular weight excluding hydrogens is 286 g/mol. The largest absolute Gasteiger partial charge is 0.341 e. The number of thiocarbonyl (C=S) groups is 1. The van der Waals surface area contributed by atoms with Gasteiger partial charge in [-0.15, -0.1) is 19.1 Å². The zero-order valence-corrected chi connectivity index (χ0v) is 13.1. The van der Waals surface area contributed by atoms with Crippen molar-refractivity contribution in [2.24, 2.45) is 0 Å². The molecule has 0 radical (unpaired) electrons. The Hall–Kier alpha value is -1.06. The van der Waals surface area contributed by atoms with Crippen LogP contribution in [-0.2, 0) is 0 Å². The zero-order chi connectivity index (χ0) is 14.4. The molecule has 3 aliphatic rings. The van der Waals surface area contributed by atoms with Crippen molar-refractivity contribution in [3.8, 4) is 12.3 Å². The Bertz CT molecular complexity index is 479. The van der Waals surface area contributed by atoms with Gasteiger partial charge in [-0.1, -0.05) is 24.2 Å². The van der Waals surface area contributed by atoms with Gasteiger partial charge in [-0.25, -0.2) is 0 Å². The highest BCUT2D eigenvalue weighted by Crippen LogP contribution is 2.10. The molecule has 20 heavy (non-hydrogen) atoms. The molecule has 3 fully saturated rings. The summed E-state index contributed by atoms with van der Waals surface area (Å²) in [5, 5.41) is 2.88. The van der Waals surface area contributed by atoms with Crippen LogP contribution in [-0.4, -0.2) is 53.4 Å². The van der Waals surface area contributed by atoms with E-state index in [2.05, 4.69) is 33.7 Å². The highest BCUT2D eigenvalue weighted by atomic mass is 32.1. The second-order valence-corrected chi connectivity index (χ2v) is 6.00. The van der Waals surface area contributed by atoms with Gasteiger partial charge in [0, 0.05) is 50.5 Å². The van der Waals surface area contributed by atoms with Crippen molar-refractivity contribution < 1.29 is 0 Å². The first-order valence-electron chi connectivity index (χ1n) is 6.69. The van der Waals surface area contributed by atoms with Crippen LogP contribution in [0.1, 0.15) is 5.56 Å². The molecule has 0 atom stereocenters. The number of rotatable bonds is 1. The van der Waals surface area contributed by atoms with Crippen LogP contribution in [0.2, 0.25) is 0 Å². The Morgan fingerprint density at radius 1 is 1.15 bits per heavy atom. The lowest BCUT2D eigenvalue weighted by Gasteiger charge is -2.41. The number of thiol groups is 1. The molecule has 0 saturated carbocycles. The fourth-order valence-corrected chi connectivity index (χ4v) is 2.58. The Labute approximate surface area is 131 Å². The Morgan fingerprint density at radius 3 is 2.10 bits per heavy atom. The second kappa shape index (κ2) is 7.65. The number of nitrogens with one attached hydrogen (secondary N) is 1. The summed E-state index contributed by atoms with van der Waals surface area (Å²) in [6.45, 7) is 7.92. The number of benzene rings is 1. The van der Waals surface area contributed by atoms with Gasteiger partial charge in [0.2, 0.25) is 0 Å². The average molecular weight is 305 g/mol. The Morgan fingerprint density at radius 2 is 1.70 bits per heavy atom. The molecule has 1 aromatic carbocycles. The monoisotopic (exact) mass is 305 g/mol. The second-order valence-electron chi connectivity index (χ2n) is 4.84. The molecule has 106 valence electrons. The highest BCUT2D eigenvalue weighted by molar-refractivity contribution is 8.11. The third-order valence-electron chi connectivity index (χ3n) is 3.48. The molecule has 1 N–H and O–H groups in total. The summed E-state index contributed by atoms with van der Waals surface area (Å²) in [6, 6.07) is 7.43. The lowest BCUT2D eigenvalue weighted by Crippen LogP contribution is -2.55. The fraction of sp³-hybridized carbons (Fsp3) is 0.400. The van der Waals surface area contributed by atoms with Gasteiger partial charge in [0.05, 0.1) is 0 Å². The summed E-state index contributed by atoms with van der Waals surface area (Å²) in [4.78, 5) is 5.08. The first-order valence-corrected chi connectivity index (χ1v) is 7.54. The van der Waals surface area contributed by atoms with Crippen molar-refractivity contribution in [3.05, 3.63) is 29.8 Å². The van der Waals surface area contributed by atoms with E-state index in [1.165, 1.54) is 39.3 Å². The molecule has 5 heteroatoms. The van der Waals surface area contributed by atoms with Crippen molar-refractivity contribution in [1.82, 2.24) is 9.80 Å². The number of hydrogen-bond donors (Lipinski definition) is 2. The maximum absolute atomic E-state index is 5.22. The van der Waals surface area contributed by atoms with E-state index in [0.29, 0.717) is 4.32 Å². The quantitative estimate of drug-likeness (QED) is 0.469. The van der Waals surface area contributed by atoms with E-state index in [0.717, 1.165) is 11.3 Å². The van der Waals surface area contributed by atoms with Crippen LogP contribution in [0.4, 0.5) is 5.69 Å². The molecule has 0 aliphatic carbocycles. The first kappa shape index (κ1) is 15.3. The summed E-state index contributed by atoms with van der Waals surface area (Å²) >= 11 is 8.70. The molecule has 0 aromatic heterocycles. The Kier molecular flexibility index (Phi) is 5.86. The van der Waals surface area contributed by atoms with E-state index in [9.17, 15) is 0 Å². The third kappa shape index (κ3) is 4.80. The van der Waals surface area contributed by atoms with E-state index in [4.69, 9.17) is 18.6 Å². The van der Waals surface area contributed by atoms with Gasteiger partial charge >= 0.3 is 0 Å². The summed E-state index contributed by atoms with van der Waals surface area (Å²) in [5.41, 5.74) is 1.69. The van der Waals surface area contributed by atoms with E-state index >= 15 is 0 Å². The standard InChI is InChI=1S/C9H7NS2.C6H12N2/c1-2-7-4-3-5-8(6-7)10-9(11)12;1-2-8-5-3-7(1)4-6-8/h1,3-6H,(H2,10,11,12);1-6H2. The molecule has 0 unspecified atom stereocenters. The van der Waals surface area contributed by atoms with Gasteiger partial charge in [-0.05, 0) is 18.2 Å². The minimum Gasteiger partial charge on any atom is -0.341 e. The lowest BCUT2D eigenvalue weighted by molar-refractivity contribution is 0.0647. The minimum absolute atomic E-state index is 0.434. The summed E-state index contributed by atoms with van der Waals surface area (Å²) < 4.78 is 0.434. The van der Waals surface area contributed by atoms with Gasteiger partial charge < -0.3 is 5.32 Å². The van der Waals surface area contributed by atoms with Crippen LogP contribution < -0.4 is 5.32 Å². The smallest absolute Gasteiger partial charge is 0.135 e. The van der Waals surface area contributed by atoms with Crippen LogP contribution in [0.25, 0.3) is 0 Å². The zero-order valence-electron chi connectivity index (χ0n) is 11.4. The lowest BCUT2D eigenvalue weighted by atomic mass is 10.2. The van der Waals surface area contributed by atoms with Crippen LogP contribution in [0.3, 0.4) is 0 Å². The number of hydrogen-bond acceptors (Lipinski definition) is 3. The molecule has 0 amide bonds. The van der Waals surface area contributed by atoms with E-state index in [1.807, 2.05) is 24.3 Å². The van der Waals surface area contributed by atoms with Crippen molar-refractivity contribution >= 4 is 34.9 Å². The normalized spacial score (nSPS) is 23.2. The summed E-state index contributed by atoms with van der Waals surface area (Å²) in [5.74, 6) is 2.53. The van der Waals surface area contributed by atoms with Gasteiger partial charge in [-0.2, -0.15) is 0 Å². The third-order valence-corrected chi connectivity index (χ3v) is 3.69. The predicted molar refractivity (Wildman–Crippen MR) is 92.5 cm³/mol. The number of terminal acetylenes is 1. The molecule has 3 heterocycles. The van der Waals surface area contributed by atoms with E-state index in [1.54, 1.807) is 0 Å². The molecule has 0 spiro atoms. The Balaban J connectivity index is 0.000000157. The SMILES string of the molecule is C#Cc1cccc(NC(=S)S)c1.C1CN2CCN1CC2. The maximum atomic E-state index is 5.22. The molecule has 4 rings (SSSR count). The molecule has 3 saturated heterocycles. The van der Waals surface area contributed by atoms with Crippen molar-refractivity contribution in [2.45, 2.75) is 0 Å². The van der Waals surface area contributed by atoms with Crippen LogP contribution in [0, 0.1) is 12.3 Å². The minimum atomic E-state index is 0.434. The number of fused-ring (bicyclic) bond motifs is 3. The van der Waals surface area contributed by atoms with Crippen LogP contribution in [0.5, 0.6) is 0 Å². The fourth-order valence-electron chi connectivity index (χ4n) is 2.33. The number of piperazine rings is 3. The van der Waals surface area contributed by atoms with E-state index < -0.39 is 0 Å². The molecular formula is C15H19N3S2. The highest BCUT2D eigenvalue weighted by Gasteiger charge is 2.21. The predicted octanol–water partition coefficient (Wildman–Crippen LogP) is 1.91. The molecule has 3 aliphatic heterocycles. The average Bonchev–Trinajstić information content (AvgIpc) is 2.49. The van der Waals surface area contributed by atoms with Gasteiger partial charge in [0.15, 0.2) is 0 Å². The topological polar surface area (TPSA) is 18.5 Å². The molecule has 3 nitrogen and oxygen atoms in total. The van der Waals surface area contributed by atoms with Crippen molar-refractivity contribution in [2.75, 3.05) is 44.6 Å².